The maximum Gasteiger partial charge on any atom is 0.270 e. The molecule has 0 saturated carbocycles. The molecular weight excluding hydrogens is 272 g/mol. The molecule has 0 saturated heterocycles. The Bertz CT molecular complexity index is 389. The number of carbonyl (C=O) groups excluding carboxylic acids is 2. The molecule has 0 aliphatic rings. The van der Waals surface area contributed by atoms with Crippen LogP contribution in [0.3, 0.4) is 0 Å². The van der Waals surface area contributed by atoms with Crippen molar-refractivity contribution in [1.82, 2.24) is 10.3 Å². The van der Waals surface area contributed by atoms with Crippen LogP contribution in [0, 0.1) is 0 Å². The Morgan fingerprint density at radius 1 is 1.50 bits per heavy atom. The Morgan fingerprint density at radius 3 is 2.69 bits per heavy atom. The third-order valence-electron chi connectivity index (χ3n) is 2.14. The molecule has 4 nitrogen and oxygen atoms in total. The average molecular weight is 285 g/mol. The fraction of sp³-hybridized carbons (Fsp3) is 0.364. The highest BCUT2D eigenvalue weighted by Crippen LogP contribution is 2.07. The Labute approximate surface area is 103 Å². The van der Waals surface area contributed by atoms with Gasteiger partial charge in [0.1, 0.15) is 5.69 Å². The van der Waals surface area contributed by atoms with Crippen LogP contribution in [-0.2, 0) is 4.79 Å². The number of rotatable bonds is 4. The molecule has 0 fully saturated rings. The van der Waals surface area contributed by atoms with Crippen molar-refractivity contribution < 1.29 is 9.59 Å². The van der Waals surface area contributed by atoms with Crippen LogP contribution < -0.4 is 5.32 Å². The second-order valence-corrected chi connectivity index (χ2v) is 4.29. The molecule has 1 aromatic rings. The molecule has 1 atom stereocenters. The lowest BCUT2D eigenvalue weighted by molar-refractivity contribution is -0.120. The summed E-state index contributed by atoms with van der Waals surface area (Å²) in [7, 11) is 0. The van der Waals surface area contributed by atoms with Gasteiger partial charge in [0, 0.05) is 17.1 Å². The van der Waals surface area contributed by atoms with E-state index < -0.39 is 6.04 Å². The van der Waals surface area contributed by atoms with Crippen molar-refractivity contribution in [1.29, 1.82) is 0 Å². The first-order valence-electron chi connectivity index (χ1n) is 4.99. The van der Waals surface area contributed by atoms with E-state index in [4.69, 9.17) is 0 Å². The van der Waals surface area contributed by atoms with Crippen molar-refractivity contribution in [3.05, 3.63) is 28.5 Å². The van der Waals surface area contributed by atoms with Gasteiger partial charge in [-0.15, -0.1) is 0 Å². The van der Waals surface area contributed by atoms with E-state index in [9.17, 15) is 9.59 Å². The van der Waals surface area contributed by atoms with E-state index in [-0.39, 0.29) is 11.7 Å². The number of hydrogen-bond acceptors (Lipinski definition) is 3. The van der Waals surface area contributed by atoms with Crippen LogP contribution in [-0.4, -0.2) is 22.7 Å². The fourth-order valence-corrected chi connectivity index (χ4v) is 1.40. The lowest BCUT2D eigenvalue weighted by atomic mass is 10.1. The standard InChI is InChI=1S/C11H13BrN2O2/c1-3-10(15)7(2)14-11(16)9-5-4-8(12)6-13-9/h4-7H,3H2,1-2H3,(H,14,16). The molecule has 0 spiro atoms. The van der Waals surface area contributed by atoms with E-state index in [2.05, 4.69) is 26.2 Å². The van der Waals surface area contributed by atoms with Gasteiger partial charge in [-0.2, -0.15) is 0 Å². The summed E-state index contributed by atoms with van der Waals surface area (Å²) in [5.41, 5.74) is 0.305. The number of aromatic nitrogens is 1. The van der Waals surface area contributed by atoms with Crippen molar-refractivity contribution >= 4 is 27.6 Å². The molecule has 1 aromatic heterocycles. The van der Waals surface area contributed by atoms with Gasteiger partial charge in [-0.25, -0.2) is 4.98 Å². The number of amides is 1. The molecule has 0 radical (unpaired) electrons. The Morgan fingerprint density at radius 2 is 2.19 bits per heavy atom. The maximum absolute atomic E-state index is 11.6. The smallest absolute Gasteiger partial charge is 0.270 e. The number of ketones is 1. The number of pyridine rings is 1. The summed E-state index contributed by atoms with van der Waals surface area (Å²) >= 11 is 3.23. The van der Waals surface area contributed by atoms with Crippen LogP contribution in [0.4, 0.5) is 0 Å². The summed E-state index contributed by atoms with van der Waals surface area (Å²) in [6, 6.07) is 2.86. The van der Waals surface area contributed by atoms with Crippen molar-refractivity contribution in [2.75, 3.05) is 0 Å². The molecule has 0 bridgehead atoms. The summed E-state index contributed by atoms with van der Waals surface area (Å²) < 4.78 is 0.807. The summed E-state index contributed by atoms with van der Waals surface area (Å²) in [4.78, 5) is 26.9. The molecule has 16 heavy (non-hydrogen) atoms. The van der Waals surface area contributed by atoms with Crippen LogP contribution in [0.1, 0.15) is 30.8 Å². The van der Waals surface area contributed by atoms with Gasteiger partial charge in [0.05, 0.1) is 6.04 Å². The van der Waals surface area contributed by atoms with Gasteiger partial charge in [0.2, 0.25) is 0 Å². The molecule has 86 valence electrons. The Balaban J connectivity index is 2.65. The third kappa shape index (κ3) is 3.41. The van der Waals surface area contributed by atoms with Crippen molar-refractivity contribution in [3.63, 3.8) is 0 Å². The van der Waals surface area contributed by atoms with Crippen molar-refractivity contribution in [2.45, 2.75) is 26.3 Å². The minimum Gasteiger partial charge on any atom is -0.341 e. The molecule has 0 aliphatic carbocycles. The number of Topliss-reactive ketones (excluding diaryl/α,β-unsaturated/α-hetero) is 1. The maximum atomic E-state index is 11.6. The van der Waals surface area contributed by atoms with E-state index in [1.807, 2.05) is 0 Å². The third-order valence-corrected chi connectivity index (χ3v) is 2.61. The molecule has 1 heterocycles. The first-order chi connectivity index (χ1) is 7.54. The second kappa shape index (κ2) is 5.75. The predicted octanol–water partition coefficient (Wildman–Crippen LogP) is 1.94. The predicted molar refractivity (Wildman–Crippen MR) is 64.2 cm³/mol. The van der Waals surface area contributed by atoms with Crippen LogP contribution >= 0.6 is 15.9 Å². The molecule has 1 unspecified atom stereocenters. The highest BCUT2D eigenvalue weighted by Gasteiger charge is 2.15. The zero-order valence-electron chi connectivity index (χ0n) is 9.16. The van der Waals surface area contributed by atoms with Gasteiger partial charge >= 0.3 is 0 Å². The highest BCUT2D eigenvalue weighted by molar-refractivity contribution is 9.10. The van der Waals surface area contributed by atoms with Gasteiger partial charge in [0.25, 0.3) is 5.91 Å². The topological polar surface area (TPSA) is 59.1 Å². The van der Waals surface area contributed by atoms with Gasteiger partial charge in [-0.3, -0.25) is 9.59 Å². The van der Waals surface area contributed by atoms with E-state index in [1.54, 1.807) is 32.2 Å². The second-order valence-electron chi connectivity index (χ2n) is 3.38. The molecular formula is C11H13BrN2O2. The van der Waals surface area contributed by atoms with Crippen LogP contribution in [0.15, 0.2) is 22.8 Å². The average Bonchev–Trinajstić information content (AvgIpc) is 2.28. The quantitative estimate of drug-likeness (QED) is 0.919. The summed E-state index contributed by atoms with van der Waals surface area (Å²) in [5, 5.41) is 2.60. The van der Waals surface area contributed by atoms with E-state index in [0.717, 1.165) is 4.47 Å². The van der Waals surface area contributed by atoms with E-state index in [1.165, 1.54) is 0 Å². The molecule has 1 rings (SSSR count). The summed E-state index contributed by atoms with van der Waals surface area (Å²) in [5.74, 6) is -0.327. The first kappa shape index (κ1) is 12.8. The van der Waals surface area contributed by atoms with Gasteiger partial charge in [0.15, 0.2) is 5.78 Å². The SMILES string of the molecule is CCC(=O)C(C)NC(=O)c1ccc(Br)cn1. The van der Waals surface area contributed by atoms with Crippen LogP contribution in [0.2, 0.25) is 0 Å². The largest absolute Gasteiger partial charge is 0.341 e. The lowest BCUT2D eigenvalue weighted by Gasteiger charge is -2.11. The van der Waals surface area contributed by atoms with Gasteiger partial charge in [-0.05, 0) is 35.0 Å². The number of nitrogens with zero attached hydrogens (tertiary/aromatic N) is 1. The normalized spacial score (nSPS) is 11.9. The molecule has 0 aliphatic heterocycles. The fourth-order valence-electron chi connectivity index (χ4n) is 1.17. The van der Waals surface area contributed by atoms with Crippen molar-refractivity contribution in [2.24, 2.45) is 0 Å². The highest BCUT2D eigenvalue weighted by atomic mass is 79.9. The zero-order chi connectivity index (χ0) is 12.1. The molecule has 0 aromatic carbocycles. The van der Waals surface area contributed by atoms with Gasteiger partial charge < -0.3 is 5.32 Å². The molecule has 1 amide bonds. The minimum absolute atomic E-state index is 0.00506. The van der Waals surface area contributed by atoms with Crippen LogP contribution in [0.5, 0.6) is 0 Å². The molecule has 5 heteroatoms. The number of nitrogens with one attached hydrogen (secondary N) is 1. The Hall–Kier alpha value is -1.23. The summed E-state index contributed by atoms with van der Waals surface area (Å²) in [6.07, 6.45) is 1.95. The number of carbonyl (C=O) groups is 2. The zero-order valence-corrected chi connectivity index (χ0v) is 10.7. The van der Waals surface area contributed by atoms with Crippen molar-refractivity contribution in [3.8, 4) is 0 Å². The van der Waals surface area contributed by atoms with Crippen LogP contribution in [0.25, 0.3) is 0 Å². The monoisotopic (exact) mass is 284 g/mol. The van der Waals surface area contributed by atoms with Gasteiger partial charge in [-0.1, -0.05) is 6.92 Å². The first-order valence-corrected chi connectivity index (χ1v) is 5.79. The minimum atomic E-state index is -0.469. The number of hydrogen-bond donors (Lipinski definition) is 1. The summed E-state index contributed by atoms with van der Waals surface area (Å²) in [6.45, 7) is 3.44. The molecule has 1 N–H and O–H groups in total. The number of halogens is 1. The van der Waals surface area contributed by atoms with E-state index in [0.29, 0.717) is 12.1 Å². The van der Waals surface area contributed by atoms with E-state index >= 15 is 0 Å². The lowest BCUT2D eigenvalue weighted by Crippen LogP contribution is -2.38. The Kier molecular flexibility index (Phi) is 4.61.